The molecule has 1 fully saturated rings. The summed E-state index contributed by atoms with van der Waals surface area (Å²) in [6.07, 6.45) is 6.78. The van der Waals surface area contributed by atoms with Crippen LogP contribution in [0.2, 0.25) is 0 Å². The number of aliphatic carboxylic acids is 1. The minimum atomic E-state index is -1.44. The molecule has 10 nitrogen and oxygen atoms in total. The predicted octanol–water partition coefficient (Wildman–Crippen LogP) is -0.418. The number of nitrogens with two attached hydrogens (primary N) is 1. The summed E-state index contributed by atoms with van der Waals surface area (Å²) in [5.41, 5.74) is 6.64. The number of hydrogen-bond donors (Lipinski definition) is 2. The number of aliphatic hydroxyl groups is 1. The number of amides is 1. The fraction of sp³-hybridized carbons (Fsp3) is 0.375. The molecule has 0 aliphatic carbocycles. The Morgan fingerprint density at radius 2 is 2.17 bits per heavy atom. The molecule has 0 aromatic carbocycles. The van der Waals surface area contributed by atoms with Crippen LogP contribution in [0.4, 0.5) is 0 Å². The van der Waals surface area contributed by atoms with Gasteiger partial charge in [0.1, 0.15) is 23.4 Å². The number of carbonyl (C=O) groups excluding carboxylic acids is 3. The van der Waals surface area contributed by atoms with E-state index in [0.29, 0.717) is 33.9 Å². The Labute approximate surface area is 204 Å². The second-order valence-corrected chi connectivity index (χ2v) is 10.0. The van der Waals surface area contributed by atoms with Crippen molar-refractivity contribution in [1.29, 1.82) is 0 Å². The number of ketones is 1. The highest BCUT2D eigenvalue weighted by molar-refractivity contribution is 7.18. The highest BCUT2D eigenvalue weighted by atomic mass is 32.1. The van der Waals surface area contributed by atoms with Crippen LogP contribution in [0, 0.1) is 11.8 Å². The average Bonchev–Trinajstić information content (AvgIpc) is 3.47. The molecule has 11 heteroatoms. The fourth-order valence-electron chi connectivity index (χ4n) is 5.17. The van der Waals surface area contributed by atoms with Gasteiger partial charge in [0.15, 0.2) is 12.4 Å². The predicted molar refractivity (Wildman–Crippen MR) is 124 cm³/mol. The Balaban J connectivity index is 1.53. The quantitative estimate of drug-likeness (QED) is 0.245. The van der Waals surface area contributed by atoms with Crippen LogP contribution in [0.1, 0.15) is 41.2 Å². The minimum Gasteiger partial charge on any atom is -0.543 e. The van der Waals surface area contributed by atoms with Gasteiger partial charge in [-0.05, 0) is 19.5 Å². The molecule has 5 rings (SSSR count). The summed E-state index contributed by atoms with van der Waals surface area (Å²) in [5.74, 6) is -3.09. The molecule has 3 N–H and O–H groups in total. The summed E-state index contributed by atoms with van der Waals surface area (Å²) in [7, 11) is 0. The molecule has 0 radical (unpaired) electrons. The first-order chi connectivity index (χ1) is 16.7. The summed E-state index contributed by atoms with van der Waals surface area (Å²) in [6.45, 7) is 4.62. The molecule has 3 aromatic rings. The molecule has 3 aromatic heterocycles. The Morgan fingerprint density at radius 1 is 1.40 bits per heavy atom. The van der Waals surface area contributed by atoms with Gasteiger partial charge in [-0.2, -0.15) is 0 Å². The van der Waals surface area contributed by atoms with Crippen LogP contribution >= 0.6 is 11.3 Å². The van der Waals surface area contributed by atoms with Gasteiger partial charge in [-0.15, -0.1) is 11.3 Å². The summed E-state index contributed by atoms with van der Waals surface area (Å²) in [6, 6.07) is 3.08. The van der Waals surface area contributed by atoms with Crippen LogP contribution in [0.5, 0.6) is 0 Å². The molecule has 4 atom stereocenters. The first-order valence-electron chi connectivity index (χ1n) is 11.4. The van der Waals surface area contributed by atoms with Gasteiger partial charge < -0.3 is 25.6 Å². The lowest BCUT2D eigenvalue weighted by Gasteiger charge is -2.47. The maximum Gasteiger partial charge on any atom is 0.235 e. The summed E-state index contributed by atoms with van der Waals surface area (Å²) in [4.78, 5) is 44.7. The third kappa shape index (κ3) is 3.58. The topological polar surface area (TPSA) is 145 Å². The first-order valence-corrected chi connectivity index (χ1v) is 12.2. The maximum atomic E-state index is 13.3. The number of carboxylic acids is 1. The zero-order chi connectivity index (χ0) is 25.0. The number of aromatic nitrogens is 3. The molecule has 5 heterocycles. The number of nitrogens with zero attached hydrogens (tertiary/aromatic N) is 4. The molecule has 2 aliphatic heterocycles. The van der Waals surface area contributed by atoms with Gasteiger partial charge >= 0.3 is 0 Å². The molecule has 182 valence electrons. The van der Waals surface area contributed by atoms with Gasteiger partial charge in [-0.25, -0.2) is 9.55 Å². The SMILES string of the molecule is C[C@@H](O)[C@H]1C(=O)N2C(C(=O)[O-])=C(c3cn4cnc(C(=O)c5ccc[n+](CCCN)c5)c4s3)[C@H](C)[C@H]12. The van der Waals surface area contributed by atoms with E-state index in [2.05, 4.69) is 4.98 Å². The fourth-order valence-corrected chi connectivity index (χ4v) is 6.38. The average molecular weight is 496 g/mol. The normalized spacial score (nSPS) is 22.5. The maximum absolute atomic E-state index is 13.3. The Kier molecular flexibility index (Phi) is 5.78. The van der Waals surface area contributed by atoms with Gasteiger partial charge in [0, 0.05) is 30.2 Å². The number of hydrogen-bond acceptors (Lipinski definition) is 8. The molecule has 2 aliphatic rings. The van der Waals surface area contributed by atoms with Crippen LogP contribution in [0.3, 0.4) is 0 Å². The number of aryl methyl sites for hydroxylation is 1. The largest absolute Gasteiger partial charge is 0.543 e. The second-order valence-electron chi connectivity index (χ2n) is 9.01. The molecule has 35 heavy (non-hydrogen) atoms. The first kappa shape index (κ1) is 23.3. The Hall–Kier alpha value is -3.41. The molecular formula is C24H25N5O5S. The number of carbonyl (C=O) groups is 3. The van der Waals surface area contributed by atoms with E-state index in [0.717, 1.165) is 6.42 Å². The van der Waals surface area contributed by atoms with Gasteiger partial charge in [0.25, 0.3) is 0 Å². The number of rotatable bonds is 8. The van der Waals surface area contributed by atoms with Crippen molar-refractivity contribution < 1.29 is 29.2 Å². The second kappa shape index (κ2) is 8.67. The van der Waals surface area contributed by atoms with Crippen LogP contribution in [-0.2, 0) is 16.1 Å². The van der Waals surface area contributed by atoms with Crippen molar-refractivity contribution in [1.82, 2.24) is 14.3 Å². The van der Waals surface area contributed by atoms with Crippen molar-refractivity contribution in [2.75, 3.05) is 6.54 Å². The van der Waals surface area contributed by atoms with E-state index in [1.165, 1.54) is 29.5 Å². The Morgan fingerprint density at radius 3 is 2.86 bits per heavy atom. The number of β-lactam (4-membered cyclic amide) rings is 1. The van der Waals surface area contributed by atoms with E-state index >= 15 is 0 Å². The summed E-state index contributed by atoms with van der Waals surface area (Å²) < 4.78 is 3.60. The van der Waals surface area contributed by atoms with Crippen molar-refractivity contribution >= 4 is 39.4 Å². The van der Waals surface area contributed by atoms with Crippen molar-refractivity contribution in [2.45, 2.75) is 39.0 Å². The van der Waals surface area contributed by atoms with Gasteiger partial charge in [-0.1, -0.05) is 6.92 Å². The van der Waals surface area contributed by atoms with Crippen LogP contribution in [-0.4, -0.2) is 55.7 Å². The van der Waals surface area contributed by atoms with E-state index in [1.807, 2.05) is 17.7 Å². The van der Waals surface area contributed by atoms with E-state index in [9.17, 15) is 24.6 Å². The molecule has 0 saturated carbocycles. The third-order valence-corrected chi connectivity index (χ3v) is 7.94. The number of aliphatic hydroxyl groups excluding tert-OH is 1. The number of carboxylic acid groups (broad SMARTS) is 1. The van der Waals surface area contributed by atoms with E-state index < -0.39 is 29.9 Å². The molecule has 0 unspecified atom stereocenters. The monoisotopic (exact) mass is 495 g/mol. The standard InChI is InChI=1S/C24H25N5O5S/c1-12-16(20(24(33)34)29-19(12)17(13(2)30)22(29)32)15-10-28-11-26-18(23(28)35-15)21(31)14-5-3-7-27(9-14)8-4-6-25/h3,5,7,9-13,17,19,30H,4,6,8,25H2,1-2H3/t12-,13+,17+,19+/m0/s1. The molecule has 0 spiro atoms. The third-order valence-electron chi connectivity index (χ3n) is 6.80. The highest BCUT2D eigenvalue weighted by Gasteiger charge is 2.58. The van der Waals surface area contributed by atoms with E-state index in [1.54, 1.807) is 28.9 Å². The van der Waals surface area contributed by atoms with Crippen molar-refractivity contribution in [3.8, 4) is 0 Å². The molecule has 0 bridgehead atoms. The number of pyridine rings is 1. The Bertz CT molecular complexity index is 1390. The lowest BCUT2D eigenvalue weighted by atomic mass is 9.77. The number of thiazole rings is 1. The number of fused-ring (bicyclic) bond motifs is 2. The van der Waals surface area contributed by atoms with Crippen molar-refractivity contribution in [2.24, 2.45) is 17.6 Å². The molecule has 1 saturated heterocycles. The zero-order valence-corrected chi connectivity index (χ0v) is 20.1. The highest BCUT2D eigenvalue weighted by Crippen LogP contribution is 2.51. The van der Waals surface area contributed by atoms with Crippen molar-refractivity contribution in [3.63, 3.8) is 0 Å². The summed E-state index contributed by atoms with van der Waals surface area (Å²) in [5, 5.41) is 22.1. The van der Waals surface area contributed by atoms with Crippen LogP contribution < -0.4 is 15.4 Å². The lowest BCUT2D eigenvalue weighted by Crippen LogP contribution is -2.64. The summed E-state index contributed by atoms with van der Waals surface area (Å²) >= 11 is 1.24. The smallest absolute Gasteiger partial charge is 0.235 e. The van der Waals surface area contributed by atoms with Gasteiger partial charge in [0.2, 0.25) is 11.7 Å². The zero-order valence-electron chi connectivity index (χ0n) is 19.2. The molecule has 1 amide bonds. The van der Waals surface area contributed by atoms with E-state index in [-0.39, 0.29) is 23.1 Å². The molecular weight excluding hydrogens is 470 g/mol. The lowest BCUT2D eigenvalue weighted by molar-refractivity contribution is -0.697. The van der Waals surface area contributed by atoms with E-state index in [4.69, 9.17) is 5.73 Å². The van der Waals surface area contributed by atoms with Crippen LogP contribution in [0.25, 0.3) is 10.4 Å². The van der Waals surface area contributed by atoms with Gasteiger partial charge in [0.05, 0.1) is 40.2 Å². The number of imidazole rings is 1. The van der Waals surface area contributed by atoms with Crippen molar-refractivity contribution in [3.05, 3.63) is 58.9 Å². The van der Waals surface area contributed by atoms with Crippen LogP contribution in [0.15, 0.2) is 42.7 Å². The minimum absolute atomic E-state index is 0.168. The van der Waals surface area contributed by atoms with Gasteiger partial charge in [-0.3, -0.25) is 14.0 Å².